The molecule has 18 heavy (non-hydrogen) atoms. The molecule has 0 aliphatic heterocycles. The fourth-order valence-corrected chi connectivity index (χ4v) is 2.82. The van der Waals surface area contributed by atoms with E-state index in [4.69, 9.17) is 0 Å². The first-order chi connectivity index (χ1) is 8.86. The molecule has 94 valence electrons. The van der Waals surface area contributed by atoms with E-state index in [2.05, 4.69) is 40.4 Å². The Balaban J connectivity index is 1.84. The number of rotatable bonds is 3. The molecule has 1 aliphatic rings. The number of aryl methyl sites for hydroxylation is 1. The van der Waals surface area contributed by atoms with Crippen LogP contribution in [-0.2, 0) is 13.0 Å². The van der Waals surface area contributed by atoms with E-state index >= 15 is 0 Å². The molecular weight excluding hydrogens is 222 g/mol. The second-order valence-corrected chi connectivity index (χ2v) is 4.97. The van der Waals surface area contributed by atoms with Crippen molar-refractivity contribution < 1.29 is 0 Å². The molecule has 2 aromatic heterocycles. The van der Waals surface area contributed by atoms with E-state index in [-0.39, 0.29) is 0 Å². The molecule has 0 amide bonds. The highest BCUT2D eigenvalue weighted by Gasteiger charge is 2.20. The molecule has 0 bridgehead atoms. The summed E-state index contributed by atoms with van der Waals surface area (Å²) in [6.07, 6.45) is 10.2. The SMILES string of the molecule is CNC1CCCc2cn(Cc3ccccn3)cc21. The molecule has 0 fully saturated rings. The summed E-state index contributed by atoms with van der Waals surface area (Å²) >= 11 is 0. The van der Waals surface area contributed by atoms with Gasteiger partial charge in [-0.1, -0.05) is 6.07 Å². The van der Waals surface area contributed by atoms with Crippen LogP contribution in [-0.4, -0.2) is 16.6 Å². The Labute approximate surface area is 108 Å². The minimum atomic E-state index is 0.527. The molecule has 3 nitrogen and oxygen atoms in total. The summed E-state index contributed by atoms with van der Waals surface area (Å²) in [6, 6.07) is 6.61. The fraction of sp³-hybridized carbons (Fsp3) is 0.400. The summed E-state index contributed by atoms with van der Waals surface area (Å²) < 4.78 is 2.27. The van der Waals surface area contributed by atoms with Crippen LogP contribution < -0.4 is 5.32 Å². The predicted molar refractivity (Wildman–Crippen MR) is 72.5 cm³/mol. The number of hydrogen-bond donors (Lipinski definition) is 1. The van der Waals surface area contributed by atoms with Crippen molar-refractivity contribution in [2.75, 3.05) is 7.05 Å². The monoisotopic (exact) mass is 241 g/mol. The number of aromatic nitrogens is 2. The summed E-state index contributed by atoms with van der Waals surface area (Å²) in [4.78, 5) is 4.38. The zero-order chi connectivity index (χ0) is 12.4. The van der Waals surface area contributed by atoms with Gasteiger partial charge in [0.25, 0.3) is 0 Å². The maximum atomic E-state index is 4.38. The molecule has 0 spiro atoms. The number of fused-ring (bicyclic) bond motifs is 1. The van der Waals surface area contributed by atoms with Gasteiger partial charge in [0.05, 0.1) is 12.2 Å². The highest BCUT2D eigenvalue weighted by Crippen LogP contribution is 2.30. The van der Waals surface area contributed by atoms with Crippen molar-refractivity contribution in [2.45, 2.75) is 31.8 Å². The Morgan fingerprint density at radius 1 is 1.39 bits per heavy atom. The van der Waals surface area contributed by atoms with Crippen molar-refractivity contribution in [3.05, 3.63) is 53.6 Å². The average Bonchev–Trinajstić information content (AvgIpc) is 2.82. The van der Waals surface area contributed by atoms with Gasteiger partial charge in [-0.15, -0.1) is 0 Å². The predicted octanol–water partition coefficient (Wildman–Crippen LogP) is 2.53. The standard InChI is InChI=1S/C15H19N3/c1-16-15-7-4-5-12-9-18(11-14(12)15)10-13-6-2-3-8-17-13/h2-3,6,8-9,11,15-16H,4-5,7,10H2,1H3. The largest absolute Gasteiger partial charge is 0.348 e. The lowest BCUT2D eigenvalue weighted by molar-refractivity contribution is 0.498. The van der Waals surface area contributed by atoms with Crippen molar-refractivity contribution in [2.24, 2.45) is 0 Å². The molecular formula is C15H19N3. The Morgan fingerprint density at radius 2 is 2.33 bits per heavy atom. The molecule has 1 aliphatic carbocycles. The van der Waals surface area contributed by atoms with Gasteiger partial charge in [-0.05, 0) is 49.6 Å². The molecule has 3 heteroatoms. The summed E-state index contributed by atoms with van der Waals surface area (Å²) in [7, 11) is 2.05. The van der Waals surface area contributed by atoms with E-state index in [1.165, 1.54) is 30.4 Å². The van der Waals surface area contributed by atoms with Crippen LogP contribution in [0.25, 0.3) is 0 Å². The molecule has 0 saturated heterocycles. The summed E-state index contributed by atoms with van der Waals surface area (Å²) in [6.45, 7) is 0.865. The van der Waals surface area contributed by atoms with E-state index in [9.17, 15) is 0 Å². The van der Waals surface area contributed by atoms with Crippen LogP contribution in [0.15, 0.2) is 36.8 Å². The number of pyridine rings is 1. The van der Waals surface area contributed by atoms with Crippen molar-refractivity contribution in [3.8, 4) is 0 Å². The van der Waals surface area contributed by atoms with Crippen LogP contribution in [0.1, 0.15) is 35.7 Å². The van der Waals surface area contributed by atoms with Gasteiger partial charge in [0.1, 0.15) is 0 Å². The third-order valence-electron chi connectivity index (χ3n) is 3.73. The Hall–Kier alpha value is -1.61. The van der Waals surface area contributed by atoms with Crippen molar-refractivity contribution in [1.29, 1.82) is 0 Å². The Morgan fingerprint density at radius 3 is 3.11 bits per heavy atom. The van der Waals surface area contributed by atoms with Gasteiger partial charge >= 0.3 is 0 Å². The second-order valence-electron chi connectivity index (χ2n) is 4.97. The molecule has 1 atom stereocenters. The molecule has 0 aromatic carbocycles. The molecule has 1 unspecified atom stereocenters. The molecule has 1 N–H and O–H groups in total. The smallest absolute Gasteiger partial charge is 0.0642 e. The fourth-order valence-electron chi connectivity index (χ4n) is 2.82. The van der Waals surface area contributed by atoms with Gasteiger partial charge < -0.3 is 9.88 Å². The highest BCUT2D eigenvalue weighted by molar-refractivity contribution is 5.30. The average molecular weight is 241 g/mol. The van der Waals surface area contributed by atoms with Crippen molar-refractivity contribution in [1.82, 2.24) is 14.9 Å². The first kappa shape index (κ1) is 11.5. The molecule has 3 rings (SSSR count). The lowest BCUT2D eigenvalue weighted by Gasteiger charge is -2.21. The Bertz CT molecular complexity index is 516. The van der Waals surface area contributed by atoms with Gasteiger partial charge in [0.15, 0.2) is 0 Å². The van der Waals surface area contributed by atoms with E-state index < -0.39 is 0 Å². The minimum absolute atomic E-state index is 0.527. The van der Waals surface area contributed by atoms with E-state index in [1.807, 2.05) is 18.3 Å². The van der Waals surface area contributed by atoms with Crippen molar-refractivity contribution in [3.63, 3.8) is 0 Å². The molecule has 2 aromatic rings. The van der Waals surface area contributed by atoms with Crippen LogP contribution >= 0.6 is 0 Å². The minimum Gasteiger partial charge on any atom is -0.348 e. The first-order valence-corrected chi connectivity index (χ1v) is 6.62. The topological polar surface area (TPSA) is 29.9 Å². The third kappa shape index (κ3) is 2.18. The molecule has 2 heterocycles. The van der Waals surface area contributed by atoms with Gasteiger partial charge in [-0.25, -0.2) is 0 Å². The summed E-state index contributed by atoms with van der Waals surface area (Å²) in [5, 5.41) is 3.41. The number of nitrogens with zero attached hydrogens (tertiary/aromatic N) is 2. The van der Waals surface area contributed by atoms with Gasteiger partial charge in [-0.3, -0.25) is 4.98 Å². The maximum absolute atomic E-state index is 4.38. The van der Waals surface area contributed by atoms with E-state index in [0.717, 1.165) is 12.2 Å². The van der Waals surface area contributed by atoms with E-state index in [1.54, 1.807) is 0 Å². The van der Waals surface area contributed by atoms with Crippen molar-refractivity contribution >= 4 is 0 Å². The van der Waals surface area contributed by atoms with Gasteiger partial charge in [0.2, 0.25) is 0 Å². The first-order valence-electron chi connectivity index (χ1n) is 6.62. The van der Waals surface area contributed by atoms with Crippen LogP contribution in [0.4, 0.5) is 0 Å². The zero-order valence-corrected chi connectivity index (χ0v) is 10.8. The van der Waals surface area contributed by atoms with Crippen LogP contribution in [0.5, 0.6) is 0 Å². The maximum Gasteiger partial charge on any atom is 0.0642 e. The molecule has 0 saturated carbocycles. The summed E-state index contributed by atoms with van der Waals surface area (Å²) in [5.74, 6) is 0. The normalized spacial score (nSPS) is 18.6. The van der Waals surface area contributed by atoms with Crippen LogP contribution in [0.2, 0.25) is 0 Å². The lowest BCUT2D eigenvalue weighted by Crippen LogP contribution is -2.20. The van der Waals surface area contributed by atoms with Crippen LogP contribution in [0.3, 0.4) is 0 Å². The van der Waals surface area contributed by atoms with Gasteiger partial charge in [-0.2, -0.15) is 0 Å². The van der Waals surface area contributed by atoms with Gasteiger partial charge in [0, 0.05) is 24.6 Å². The Kier molecular flexibility index (Phi) is 3.15. The van der Waals surface area contributed by atoms with E-state index in [0.29, 0.717) is 6.04 Å². The quantitative estimate of drug-likeness (QED) is 0.895. The third-order valence-corrected chi connectivity index (χ3v) is 3.73. The van der Waals surface area contributed by atoms with Crippen LogP contribution in [0, 0.1) is 0 Å². The molecule has 0 radical (unpaired) electrons. The zero-order valence-electron chi connectivity index (χ0n) is 10.8. The number of nitrogens with one attached hydrogen (secondary N) is 1. The number of hydrogen-bond acceptors (Lipinski definition) is 2. The highest BCUT2D eigenvalue weighted by atomic mass is 15.0. The lowest BCUT2D eigenvalue weighted by atomic mass is 9.91. The second kappa shape index (κ2) is 4.94. The summed E-state index contributed by atoms with van der Waals surface area (Å²) in [5.41, 5.74) is 4.09.